The Morgan fingerprint density at radius 1 is 0.966 bits per heavy atom. The Labute approximate surface area is 170 Å². The third kappa shape index (κ3) is 5.33. The molecule has 0 atom stereocenters. The highest BCUT2D eigenvalue weighted by molar-refractivity contribution is 7.16. The van der Waals surface area contributed by atoms with E-state index < -0.39 is 10.8 Å². The Bertz CT molecular complexity index is 1070. The van der Waals surface area contributed by atoms with Gasteiger partial charge in [-0.25, -0.2) is 5.43 Å². The zero-order valence-corrected chi connectivity index (χ0v) is 16.1. The number of nitrogens with one attached hydrogen (secondary N) is 2. The van der Waals surface area contributed by atoms with Crippen molar-refractivity contribution in [3.8, 4) is 0 Å². The van der Waals surface area contributed by atoms with Gasteiger partial charge in [-0.1, -0.05) is 29.0 Å². The third-order valence-corrected chi connectivity index (χ3v) is 4.84. The molecule has 29 heavy (non-hydrogen) atoms. The molecule has 0 fully saturated rings. The van der Waals surface area contributed by atoms with Gasteiger partial charge >= 0.3 is 5.00 Å². The number of benzene rings is 2. The average Bonchev–Trinajstić information content (AvgIpc) is 3.18. The van der Waals surface area contributed by atoms with Crippen molar-refractivity contribution in [1.82, 2.24) is 5.43 Å². The quantitative estimate of drug-likeness (QED) is 0.365. The van der Waals surface area contributed by atoms with Crippen LogP contribution in [0.4, 0.5) is 10.7 Å². The number of thiophene rings is 1. The molecule has 1 aromatic heterocycles. The van der Waals surface area contributed by atoms with Gasteiger partial charge in [0.2, 0.25) is 0 Å². The average molecular weight is 408 g/mol. The molecule has 0 aliphatic carbocycles. The number of anilines is 1. The molecule has 0 saturated carbocycles. The molecule has 146 valence electrons. The van der Waals surface area contributed by atoms with Crippen molar-refractivity contribution < 1.29 is 14.5 Å². The second-order valence-electron chi connectivity index (χ2n) is 6.03. The highest BCUT2D eigenvalue weighted by atomic mass is 32.1. The lowest BCUT2D eigenvalue weighted by atomic mass is 10.1. The number of amides is 2. The highest BCUT2D eigenvalue weighted by Crippen LogP contribution is 2.22. The summed E-state index contributed by atoms with van der Waals surface area (Å²) in [6, 6.07) is 16.5. The zero-order chi connectivity index (χ0) is 20.8. The number of rotatable bonds is 6. The number of nitrogens with zero attached hydrogens (tertiary/aromatic N) is 2. The molecule has 0 spiro atoms. The van der Waals surface area contributed by atoms with E-state index in [0.29, 0.717) is 21.7 Å². The maximum absolute atomic E-state index is 12.2. The van der Waals surface area contributed by atoms with E-state index in [-0.39, 0.29) is 10.9 Å². The van der Waals surface area contributed by atoms with E-state index in [2.05, 4.69) is 15.8 Å². The van der Waals surface area contributed by atoms with Crippen molar-refractivity contribution in [2.45, 2.75) is 6.92 Å². The van der Waals surface area contributed by atoms with Crippen LogP contribution in [0.5, 0.6) is 0 Å². The van der Waals surface area contributed by atoms with Gasteiger partial charge in [-0.3, -0.25) is 19.7 Å². The van der Waals surface area contributed by atoms with E-state index >= 15 is 0 Å². The molecule has 0 saturated heterocycles. The highest BCUT2D eigenvalue weighted by Gasteiger charge is 2.09. The van der Waals surface area contributed by atoms with Gasteiger partial charge in [0.25, 0.3) is 11.8 Å². The summed E-state index contributed by atoms with van der Waals surface area (Å²) in [6.45, 7) is 1.94. The Hall–Kier alpha value is -3.85. The van der Waals surface area contributed by atoms with Crippen LogP contribution < -0.4 is 10.7 Å². The molecule has 0 bridgehead atoms. The van der Waals surface area contributed by atoms with Crippen LogP contribution in [0.3, 0.4) is 0 Å². The number of hydrogen-bond donors (Lipinski definition) is 2. The SMILES string of the molecule is Cc1ccc(C(=O)Nc2ccc(C(=O)N/N=C/c3ccc([N+](=O)[O-])s3)cc2)cc1. The lowest BCUT2D eigenvalue weighted by Crippen LogP contribution is -2.17. The van der Waals surface area contributed by atoms with Gasteiger partial charge < -0.3 is 5.32 Å². The summed E-state index contributed by atoms with van der Waals surface area (Å²) in [5.74, 6) is -0.680. The molecule has 3 rings (SSSR count). The monoisotopic (exact) mass is 408 g/mol. The number of carbonyl (C=O) groups excluding carboxylic acids is 2. The molecule has 2 aromatic carbocycles. The largest absolute Gasteiger partial charge is 0.324 e. The Kier molecular flexibility index (Phi) is 6.10. The molecular weight excluding hydrogens is 392 g/mol. The summed E-state index contributed by atoms with van der Waals surface area (Å²) in [6.07, 6.45) is 1.34. The van der Waals surface area contributed by atoms with Crippen molar-refractivity contribution in [3.63, 3.8) is 0 Å². The first-order chi connectivity index (χ1) is 13.9. The van der Waals surface area contributed by atoms with Crippen molar-refractivity contribution in [2.75, 3.05) is 5.32 Å². The first-order valence-electron chi connectivity index (χ1n) is 8.48. The first kappa shape index (κ1) is 19.9. The summed E-state index contributed by atoms with van der Waals surface area (Å²) >= 11 is 0.955. The van der Waals surface area contributed by atoms with Crippen LogP contribution in [0.2, 0.25) is 0 Å². The van der Waals surface area contributed by atoms with Crippen LogP contribution in [0.1, 0.15) is 31.2 Å². The fourth-order valence-electron chi connectivity index (χ4n) is 2.34. The van der Waals surface area contributed by atoms with Crippen LogP contribution in [0.15, 0.2) is 65.8 Å². The number of nitro groups is 1. The summed E-state index contributed by atoms with van der Waals surface area (Å²) in [4.78, 5) is 35.0. The van der Waals surface area contributed by atoms with Gasteiger partial charge in [0.15, 0.2) is 0 Å². The molecule has 0 unspecified atom stereocenters. The van der Waals surface area contributed by atoms with Crippen molar-refractivity contribution in [1.29, 1.82) is 0 Å². The van der Waals surface area contributed by atoms with Gasteiger partial charge in [0, 0.05) is 22.9 Å². The van der Waals surface area contributed by atoms with E-state index in [9.17, 15) is 19.7 Å². The van der Waals surface area contributed by atoms with E-state index in [1.165, 1.54) is 12.3 Å². The summed E-state index contributed by atoms with van der Waals surface area (Å²) < 4.78 is 0. The van der Waals surface area contributed by atoms with Crippen LogP contribution in [-0.4, -0.2) is 23.0 Å². The van der Waals surface area contributed by atoms with Gasteiger partial charge in [0.05, 0.1) is 16.0 Å². The predicted molar refractivity (Wildman–Crippen MR) is 112 cm³/mol. The lowest BCUT2D eigenvalue weighted by Gasteiger charge is -2.06. The predicted octanol–water partition coefficient (Wildman–Crippen LogP) is 3.98. The molecule has 8 nitrogen and oxygen atoms in total. The Morgan fingerprint density at radius 3 is 2.21 bits per heavy atom. The summed E-state index contributed by atoms with van der Waals surface area (Å²) in [5.41, 5.74) is 4.88. The minimum absolute atomic E-state index is 0.000972. The molecule has 3 aromatic rings. The van der Waals surface area contributed by atoms with Crippen LogP contribution in [0, 0.1) is 17.0 Å². The van der Waals surface area contributed by atoms with Gasteiger partial charge in [-0.15, -0.1) is 0 Å². The van der Waals surface area contributed by atoms with Gasteiger partial charge in [-0.2, -0.15) is 5.10 Å². The number of hydrogen-bond acceptors (Lipinski definition) is 6. The second kappa shape index (κ2) is 8.89. The third-order valence-electron chi connectivity index (χ3n) is 3.87. The maximum Gasteiger partial charge on any atom is 0.324 e. The standard InChI is InChI=1S/C20H16N4O4S/c1-13-2-4-14(5-3-13)19(25)22-16-8-6-15(7-9-16)20(26)23-21-12-17-10-11-18(29-17)24(27)28/h2-12H,1H3,(H,22,25)(H,23,26)/b21-12+. The van der Waals surface area contributed by atoms with Crippen molar-refractivity contribution >= 4 is 40.1 Å². The fraction of sp³-hybridized carbons (Fsp3) is 0.0500. The number of hydrazone groups is 1. The molecule has 2 N–H and O–H groups in total. The number of carbonyl (C=O) groups is 2. The van der Waals surface area contributed by atoms with Crippen LogP contribution in [-0.2, 0) is 0 Å². The zero-order valence-electron chi connectivity index (χ0n) is 15.3. The van der Waals surface area contributed by atoms with E-state index in [0.717, 1.165) is 16.9 Å². The Morgan fingerprint density at radius 2 is 1.59 bits per heavy atom. The first-order valence-corrected chi connectivity index (χ1v) is 9.30. The Balaban J connectivity index is 1.56. The smallest absolute Gasteiger partial charge is 0.322 e. The lowest BCUT2D eigenvalue weighted by molar-refractivity contribution is -0.380. The van der Waals surface area contributed by atoms with Gasteiger partial charge in [-0.05, 0) is 49.4 Å². The molecule has 0 aliphatic rings. The fourth-order valence-corrected chi connectivity index (χ4v) is 3.04. The topological polar surface area (TPSA) is 114 Å². The molecule has 1 heterocycles. The second-order valence-corrected chi connectivity index (χ2v) is 7.12. The molecule has 9 heteroatoms. The summed E-state index contributed by atoms with van der Waals surface area (Å²) in [7, 11) is 0. The van der Waals surface area contributed by atoms with Crippen molar-refractivity contribution in [2.24, 2.45) is 5.10 Å². The molecule has 0 radical (unpaired) electrons. The van der Waals surface area contributed by atoms with Gasteiger partial charge in [0.1, 0.15) is 0 Å². The maximum atomic E-state index is 12.2. The normalized spacial score (nSPS) is 10.7. The van der Waals surface area contributed by atoms with Crippen molar-refractivity contribution in [3.05, 3.63) is 92.3 Å². The minimum Gasteiger partial charge on any atom is -0.322 e. The van der Waals surface area contributed by atoms with E-state index in [4.69, 9.17) is 0 Å². The van der Waals surface area contributed by atoms with Crippen LogP contribution in [0.25, 0.3) is 0 Å². The van der Waals surface area contributed by atoms with Crippen LogP contribution >= 0.6 is 11.3 Å². The molecule has 2 amide bonds. The molecule has 0 aliphatic heterocycles. The van der Waals surface area contributed by atoms with E-state index in [1.807, 2.05) is 19.1 Å². The van der Waals surface area contributed by atoms with E-state index in [1.54, 1.807) is 42.5 Å². The number of aryl methyl sites for hydroxylation is 1. The molecular formula is C20H16N4O4S. The summed E-state index contributed by atoms with van der Waals surface area (Å²) in [5, 5.41) is 17.2. The minimum atomic E-state index is -0.486.